The first kappa shape index (κ1) is 35.6. The van der Waals surface area contributed by atoms with Crippen molar-refractivity contribution < 1.29 is 0 Å². The summed E-state index contributed by atoms with van der Waals surface area (Å²) < 4.78 is 0. The van der Waals surface area contributed by atoms with Crippen molar-refractivity contribution >= 4 is 54.4 Å². The van der Waals surface area contributed by atoms with Crippen LogP contribution in [0.4, 0.5) is 5.69 Å². The topological polar surface area (TPSA) is 52.0 Å². The van der Waals surface area contributed by atoms with Crippen molar-refractivity contribution in [3.8, 4) is 33.4 Å². The largest absolute Gasteiger partial charge is 0.398 e. The predicted molar refractivity (Wildman–Crippen MR) is 256 cm³/mol. The molecular formula is C58H42N2. The Bertz CT molecular complexity index is 3370. The Morgan fingerprint density at radius 1 is 0.383 bits per heavy atom. The molecule has 2 unspecified atom stereocenters. The van der Waals surface area contributed by atoms with Crippen molar-refractivity contribution in [2.45, 2.75) is 11.5 Å². The molecule has 2 nitrogen and oxygen atoms in total. The summed E-state index contributed by atoms with van der Waals surface area (Å²) in [6.45, 7) is 0. The molecule has 60 heavy (non-hydrogen) atoms. The maximum absolute atomic E-state index is 7.74. The van der Waals surface area contributed by atoms with Crippen LogP contribution in [-0.4, -0.2) is 0 Å². The van der Waals surface area contributed by atoms with Crippen LogP contribution < -0.4 is 11.5 Å². The molecule has 284 valence electrons. The molecule has 0 saturated heterocycles. The van der Waals surface area contributed by atoms with Crippen LogP contribution >= 0.6 is 0 Å². The first-order valence-electron chi connectivity index (χ1n) is 20.7. The summed E-state index contributed by atoms with van der Waals surface area (Å²) in [5, 5.41) is 9.57. The third-order valence-electron chi connectivity index (χ3n) is 12.5. The van der Waals surface area contributed by atoms with Gasteiger partial charge >= 0.3 is 0 Å². The highest BCUT2D eigenvalue weighted by Crippen LogP contribution is 2.50. The van der Waals surface area contributed by atoms with Gasteiger partial charge in [-0.05, 0) is 124 Å². The summed E-state index contributed by atoms with van der Waals surface area (Å²) in [6, 6.07) is 74.1. The van der Waals surface area contributed by atoms with Crippen LogP contribution in [0.3, 0.4) is 0 Å². The summed E-state index contributed by atoms with van der Waals surface area (Å²) in [4.78, 5) is 0. The summed E-state index contributed by atoms with van der Waals surface area (Å²) in [6.07, 6.45) is 6.87. The van der Waals surface area contributed by atoms with Crippen LogP contribution in [0.1, 0.15) is 22.6 Å². The van der Waals surface area contributed by atoms with Crippen molar-refractivity contribution in [1.82, 2.24) is 0 Å². The van der Waals surface area contributed by atoms with Gasteiger partial charge in [0.1, 0.15) is 0 Å². The van der Waals surface area contributed by atoms with Crippen LogP contribution in [0.15, 0.2) is 224 Å². The van der Waals surface area contributed by atoms with Crippen molar-refractivity contribution in [3.63, 3.8) is 0 Å². The van der Waals surface area contributed by atoms with E-state index >= 15 is 0 Å². The smallest absolute Gasteiger partial charge is 0.0795 e. The summed E-state index contributed by atoms with van der Waals surface area (Å²) in [5.41, 5.74) is 25.8. The predicted octanol–water partition coefficient (Wildman–Crippen LogP) is 14.5. The number of anilines is 1. The van der Waals surface area contributed by atoms with Gasteiger partial charge in [-0.2, -0.15) is 0 Å². The minimum absolute atomic E-state index is 0.142. The average Bonchev–Trinajstić information content (AvgIpc) is 3.31. The van der Waals surface area contributed by atoms with Crippen molar-refractivity contribution in [1.29, 1.82) is 0 Å². The highest BCUT2D eigenvalue weighted by atomic mass is 14.7. The minimum atomic E-state index is -0.905. The van der Waals surface area contributed by atoms with E-state index in [0.717, 1.165) is 55.8 Å². The van der Waals surface area contributed by atoms with E-state index < -0.39 is 5.54 Å². The molecule has 0 fully saturated rings. The van der Waals surface area contributed by atoms with Gasteiger partial charge in [-0.25, -0.2) is 0 Å². The minimum Gasteiger partial charge on any atom is -0.398 e. The number of hydrogen-bond acceptors (Lipinski definition) is 2. The molecule has 0 aliphatic heterocycles. The van der Waals surface area contributed by atoms with Gasteiger partial charge in [0.25, 0.3) is 0 Å². The van der Waals surface area contributed by atoms with E-state index in [1.165, 1.54) is 48.7 Å². The van der Waals surface area contributed by atoms with Gasteiger partial charge < -0.3 is 11.5 Å². The van der Waals surface area contributed by atoms with Crippen molar-refractivity contribution in [3.05, 3.63) is 241 Å². The third kappa shape index (κ3) is 6.17. The van der Waals surface area contributed by atoms with Crippen molar-refractivity contribution in [2.24, 2.45) is 5.73 Å². The van der Waals surface area contributed by atoms with Gasteiger partial charge in [-0.3, -0.25) is 0 Å². The van der Waals surface area contributed by atoms with Crippen LogP contribution in [0.25, 0.3) is 82.0 Å². The zero-order valence-corrected chi connectivity index (χ0v) is 33.1. The Hall–Kier alpha value is -7.52. The second-order valence-corrected chi connectivity index (χ2v) is 16.2. The number of allylic oxidation sites excluding steroid dienone is 2. The summed E-state index contributed by atoms with van der Waals surface area (Å²) in [7, 11) is 0. The zero-order chi connectivity index (χ0) is 40.2. The molecule has 0 spiro atoms. The molecule has 10 aromatic rings. The Labute approximate surface area is 350 Å². The highest BCUT2D eigenvalue weighted by molar-refractivity contribution is 6.01. The molecule has 0 radical (unpaired) electrons. The molecule has 4 N–H and O–H groups in total. The van der Waals surface area contributed by atoms with Gasteiger partial charge in [0, 0.05) is 17.2 Å². The third-order valence-corrected chi connectivity index (χ3v) is 12.5. The average molecular weight is 767 g/mol. The summed E-state index contributed by atoms with van der Waals surface area (Å²) in [5.74, 6) is -0.142. The molecule has 0 amide bonds. The molecule has 0 heterocycles. The van der Waals surface area contributed by atoms with E-state index in [1.807, 2.05) is 0 Å². The molecule has 0 bridgehead atoms. The standard InChI is InChI=1S/C58H42N2/c59-55-30-29-52(56(48-27-23-40-13-3-7-17-44(40)35-48)57(55)49-28-24-41-14-4-8-18-45(41)36-49)51-31-32-58(60,37-53(51)47-26-22-39-12-2-6-16-43(39)34-47)54-20-10-9-19-50(54)46-25-21-38-11-1-5-15-42(38)33-46/h1-37,51H,59-60H2. The second kappa shape index (κ2) is 14.4. The van der Waals surface area contributed by atoms with E-state index in [2.05, 4.69) is 224 Å². The molecule has 2 heteroatoms. The number of benzene rings is 10. The number of fused-ring (bicyclic) bond motifs is 4. The van der Waals surface area contributed by atoms with Crippen LogP contribution in [0.5, 0.6) is 0 Å². The van der Waals surface area contributed by atoms with E-state index in [9.17, 15) is 0 Å². The van der Waals surface area contributed by atoms with E-state index in [1.54, 1.807) is 0 Å². The Kier molecular flexibility index (Phi) is 8.54. The van der Waals surface area contributed by atoms with Crippen LogP contribution in [-0.2, 0) is 5.54 Å². The van der Waals surface area contributed by atoms with Gasteiger partial charge in [0.05, 0.1) is 5.54 Å². The van der Waals surface area contributed by atoms with E-state index in [-0.39, 0.29) is 5.92 Å². The Morgan fingerprint density at radius 3 is 1.38 bits per heavy atom. The fourth-order valence-corrected chi connectivity index (χ4v) is 9.50. The Balaban J connectivity index is 1.15. The molecule has 11 rings (SSSR count). The van der Waals surface area contributed by atoms with Crippen LogP contribution in [0.2, 0.25) is 0 Å². The lowest BCUT2D eigenvalue weighted by molar-refractivity contribution is 0.698. The molecule has 0 aromatic heterocycles. The van der Waals surface area contributed by atoms with E-state index in [0.29, 0.717) is 0 Å². The molecular weight excluding hydrogens is 725 g/mol. The van der Waals surface area contributed by atoms with Crippen LogP contribution in [0, 0.1) is 0 Å². The lowest BCUT2D eigenvalue weighted by Gasteiger charge is -2.34. The fraction of sp³-hybridized carbons (Fsp3) is 0.0345. The number of hydrogen-bond donors (Lipinski definition) is 2. The molecule has 10 aromatic carbocycles. The summed E-state index contributed by atoms with van der Waals surface area (Å²) >= 11 is 0. The number of nitrogen functional groups attached to an aromatic ring is 1. The lowest BCUT2D eigenvalue weighted by atomic mass is 9.72. The maximum atomic E-state index is 7.74. The molecule has 1 aliphatic rings. The second-order valence-electron chi connectivity index (χ2n) is 16.2. The monoisotopic (exact) mass is 766 g/mol. The Morgan fingerprint density at radius 2 is 0.817 bits per heavy atom. The first-order valence-corrected chi connectivity index (χ1v) is 20.7. The lowest BCUT2D eigenvalue weighted by Crippen LogP contribution is -2.35. The van der Waals surface area contributed by atoms with Gasteiger partial charge in [-0.1, -0.05) is 194 Å². The SMILES string of the molecule is Nc1ccc(C2C=CC(N)(c3ccccc3-c3ccc4ccccc4c3)C=C2c2ccc3ccccc3c2)c(-c2ccc3ccccc3c2)c1-c1ccc2ccccc2c1. The van der Waals surface area contributed by atoms with E-state index in [4.69, 9.17) is 11.5 Å². The fourth-order valence-electron chi connectivity index (χ4n) is 9.50. The van der Waals surface area contributed by atoms with Gasteiger partial charge in [0.2, 0.25) is 0 Å². The molecule has 1 aliphatic carbocycles. The number of rotatable bonds is 6. The zero-order valence-electron chi connectivity index (χ0n) is 33.1. The van der Waals surface area contributed by atoms with Gasteiger partial charge in [0.15, 0.2) is 0 Å². The number of nitrogens with two attached hydrogens (primary N) is 2. The van der Waals surface area contributed by atoms with Crippen molar-refractivity contribution in [2.75, 3.05) is 5.73 Å². The first-order chi connectivity index (χ1) is 29.5. The molecule has 2 atom stereocenters. The normalized spacial score (nSPS) is 16.4. The maximum Gasteiger partial charge on any atom is 0.0795 e. The van der Waals surface area contributed by atoms with Gasteiger partial charge in [-0.15, -0.1) is 0 Å². The highest BCUT2D eigenvalue weighted by Gasteiger charge is 2.34. The quantitative estimate of drug-likeness (QED) is 0.131. The molecule has 0 saturated carbocycles.